The zero-order valence-corrected chi connectivity index (χ0v) is 14.9. The maximum atomic E-state index is 13.3. The van der Waals surface area contributed by atoms with Crippen molar-refractivity contribution in [2.24, 2.45) is 0 Å². The van der Waals surface area contributed by atoms with E-state index in [1.54, 1.807) is 18.5 Å². The van der Waals surface area contributed by atoms with Crippen LogP contribution >= 0.6 is 0 Å². The predicted octanol–water partition coefficient (Wildman–Crippen LogP) is 2.18. The van der Waals surface area contributed by atoms with E-state index in [9.17, 15) is 9.18 Å². The summed E-state index contributed by atoms with van der Waals surface area (Å²) in [6, 6.07) is 2.79. The van der Waals surface area contributed by atoms with Crippen LogP contribution in [-0.2, 0) is 4.74 Å². The molecule has 0 aromatic carbocycles. The van der Waals surface area contributed by atoms with E-state index >= 15 is 0 Å². The average Bonchev–Trinajstić information content (AvgIpc) is 3.05. The molecule has 2 aliphatic heterocycles. The highest BCUT2D eigenvalue weighted by molar-refractivity contribution is 6.11. The Morgan fingerprint density at radius 1 is 1.11 bits per heavy atom. The first-order valence-corrected chi connectivity index (χ1v) is 9.10. The molecule has 0 spiro atoms. The minimum atomic E-state index is -0.502. The number of rotatable bonds is 3. The second-order valence-corrected chi connectivity index (χ2v) is 6.97. The number of morpholine rings is 1. The number of hydrogen-bond acceptors (Lipinski definition) is 7. The largest absolute Gasteiger partial charge is 0.371 e. The van der Waals surface area contributed by atoms with Crippen molar-refractivity contribution < 1.29 is 13.9 Å². The second-order valence-electron chi connectivity index (χ2n) is 6.97. The number of fused-ring (bicyclic) bond motifs is 3. The molecule has 8 nitrogen and oxygen atoms in total. The van der Waals surface area contributed by atoms with Gasteiger partial charge in [0.15, 0.2) is 0 Å². The van der Waals surface area contributed by atoms with Crippen molar-refractivity contribution in [1.82, 2.24) is 19.9 Å². The van der Waals surface area contributed by atoms with Gasteiger partial charge in [-0.25, -0.2) is 14.4 Å². The van der Waals surface area contributed by atoms with Crippen LogP contribution in [0.3, 0.4) is 0 Å². The molecular formula is C19H17FN6O2. The van der Waals surface area contributed by atoms with Gasteiger partial charge in [-0.3, -0.25) is 14.8 Å². The van der Waals surface area contributed by atoms with Gasteiger partial charge in [0.05, 0.1) is 47.6 Å². The maximum Gasteiger partial charge on any atom is 0.258 e. The van der Waals surface area contributed by atoms with Crippen LogP contribution in [0.25, 0.3) is 11.0 Å². The van der Waals surface area contributed by atoms with Crippen molar-refractivity contribution in [1.29, 1.82) is 0 Å². The highest BCUT2D eigenvalue weighted by atomic mass is 19.1. The maximum absolute atomic E-state index is 13.3. The predicted molar refractivity (Wildman–Crippen MR) is 99.6 cm³/mol. The Bertz CT molecular complexity index is 1030. The van der Waals surface area contributed by atoms with Gasteiger partial charge < -0.3 is 15.0 Å². The van der Waals surface area contributed by atoms with Gasteiger partial charge in [0.2, 0.25) is 5.95 Å². The van der Waals surface area contributed by atoms with Gasteiger partial charge in [-0.1, -0.05) is 0 Å². The second kappa shape index (κ2) is 6.75. The highest BCUT2D eigenvalue weighted by Crippen LogP contribution is 2.28. The van der Waals surface area contributed by atoms with Gasteiger partial charge in [0.25, 0.3) is 5.91 Å². The van der Waals surface area contributed by atoms with Gasteiger partial charge in [0, 0.05) is 25.4 Å². The number of nitrogens with zero attached hydrogens (tertiary/aromatic N) is 5. The molecule has 0 aliphatic carbocycles. The number of nitrogens with one attached hydrogen (secondary N) is 1. The van der Waals surface area contributed by atoms with E-state index in [0.717, 1.165) is 32.1 Å². The number of pyridine rings is 2. The van der Waals surface area contributed by atoms with Gasteiger partial charge in [0.1, 0.15) is 11.3 Å². The zero-order chi connectivity index (χ0) is 19.1. The smallest absolute Gasteiger partial charge is 0.258 e. The molecule has 2 unspecified atom stereocenters. The molecule has 2 atom stereocenters. The standard InChI is InChI=1S/C19H17FN6O2/c20-11-5-16-17(22-6-11)15(3-4-21-16)18(27)25-12-7-23-19(24-8-12)26-9-13-1-2-14(10-26)28-13/h3-8,13-14H,1-2,9-10H2,(H,25,27). The number of aromatic nitrogens is 4. The molecule has 3 aromatic rings. The van der Waals surface area contributed by atoms with Crippen LogP contribution in [-0.4, -0.2) is 51.1 Å². The molecule has 2 bridgehead atoms. The Balaban J connectivity index is 1.33. The van der Waals surface area contributed by atoms with Crippen LogP contribution < -0.4 is 10.2 Å². The number of carbonyl (C=O) groups is 1. The van der Waals surface area contributed by atoms with Gasteiger partial charge in [-0.2, -0.15) is 0 Å². The fourth-order valence-corrected chi connectivity index (χ4v) is 3.71. The van der Waals surface area contributed by atoms with Crippen molar-refractivity contribution in [3.05, 3.63) is 48.3 Å². The minimum Gasteiger partial charge on any atom is -0.371 e. The van der Waals surface area contributed by atoms with E-state index in [4.69, 9.17) is 4.74 Å². The number of ether oxygens (including phenoxy) is 1. The van der Waals surface area contributed by atoms with Gasteiger partial charge in [-0.05, 0) is 18.9 Å². The molecule has 0 saturated carbocycles. The molecule has 5 heterocycles. The van der Waals surface area contributed by atoms with Gasteiger partial charge >= 0.3 is 0 Å². The summed E-state index contributed by atoms with van der Waals surface area (Å²) >= 11 is 0. The first kappa shape index (κ1) is 16.9. The monoisotopic (exact) mass is 380 g/mol. The Morgan fingerprint density at radius 2 is 1.86 bits per heavy atom. The molecular weight excluding hydrogens is 363 g/mol. The van der Waals surface area contributed by atoms with Crippen LogP contribution in [0, 0.1) is 5.82 Å². The van der Waals surface area contributed by atoms with E-state index in [-0.39, 0.29) is 18.1 Å². The summed E-state index contributed by atoms with van der Waals surface area (Å²) in [5.41, 5.74) is 1.43. The number of amides is 1. The third-order valence-corrected chi connectivity index (χ3v) is 5.01. The highest BCUT2D eigenvalue weighted by Gasteiger charge is 2.34. The topological polar surface area (TPSA) is 93.1 Å². The van der Waals surface area contributed by atoms with Crippen molar-refractivity contribution >= 4 is 28.6 Å². The number of hydrogen-bond donors (Lipinski definition) is 1. The van der Waals surface area contributed by atoms with Crippen LogP contribution in [0.1, 0.15) is 23.2 Å². The van der Waals surface area contributed by atoms with Crippen molar-refractivity contribution in [2.45, 2.75) is 25.0 Å². The number of halogens is 1. The molecule has 3 aromatic heterocycles. The molecule has 142 valence electrons. The molecule has 9 heteroatoms. The quantitative estimate of drug-likeness (QED) is 0.744. The minimum absolute atomic E-state index is 0.249. The molecule has 2 saturated heterocycles. The van der Waals surface area contributed by atoms with Crippen LogP contribution in [0.15, 0.2) is 36.9 Å². The average molecular weight is 380 g/mol. The van der Waals surface area contributed by atoms with E-state index < -0.39 is 5.82 Å². The summed E-state index contributed by atoms with van der Waals surface area (Å²) in [6.07, 6.45) is 8.32. The molecule has 2 aliphatic rings. The van der Waals surface area contributed by atoms with Crippen molar-refractivity contribution in [3.8, 4) is 0 Å². The molecule has 28 heavy (non-hydrogen) atoms. The SMILES string of the molecule is O=C(Nc1cnc(N2CC3CCC(C2)O3)nc1)c1ccnc2cc(F)cnc12. The first-order chi connectivity index (χ1) is 13.7. The summed E-state index contributed by atoms with van der Waals surface area (Å²) in [5.74, 6) is -0.255. The molecule has 5 rings (SSSR count). The summed E-state index contributed by atoms with van der Waals surface area (Å²) in [7, 11) is 0. The third-order valence-electron chi connectivity index (χ3n) is 5.01. The Hall–Kier alpha value is -3.20. The van der Waals surface area contributed by atoms with Gasteiger partial charge in [-0.15, -0.1) is 0 Å². The third kappa shape index (κ3) is 3.13. The Morgan fingerprint density at radius 3 is 2.61 bits per heavy atom. The lowest BCUT2D eigenvalue weighted by atomic mass is 10.2. The summed E-state index contributed by atoms with van der Waals surface area (Å²) in [6.45, 7) is 1.57. The molecule has 2 fully saturated rings. The lowest BCUT2D eigenvalue weighted by Crippen LogP contribution is -2.43. The fourth-order valence-electron chi connectivity index (χ4n) is 3.71. The summed E-state index contributed by atoms with van der Waals surface area (Å²) in [4.78, 5) is 31.6. The molecule has 1 N–H and O–H groups in total. The van der Waals surface area contributed by atoms with Crippen molar-refractivity contribution in [3.63, 3.8) is 0 Å². The summed E-state index contributed by atoms with van der Waals surface area (Å²) in [5, 5.41) is 2.76. The molecule has 1 amide bonds. The number of carbonyl (C=O) groups excluding carboxylic acids is 1. The Kier molecular flexibility index (Phi) is 4.09. The fraction of sp³-hybridized carbons (Fsp3) is 0.316. The lowest BCUT2D eigenvalue weighted by molar-refractivity contribution is 0.0299. The Labute approximate surface area is 159 Å². The summed E-state index contributed by atoms with van der Waals surface area (Å²) < 4.78 is 19.2. The van der Waals surface area contributed by atoms with E-state index in [1.165, 1.54) is 12.3 Å². The van der Waals surface area contributed by atoms with E-state index in [0.29, 0.717) is 28.2 Å². The van der Waals surface area contributed by atoms with E-state index in [1.807, 2.05) is 0 Å². The normalized spacial score (nSPS) is 21.1. The number of anilines is 2. The lowest BCUT2D eigenvalue weighted by Gasteiger charge is -2.32. The van der Waals surface area contributed by atoms with Crippen molar-refractivity contribution in [2.75, 3.05) is 23.3 Å². The van der Waals surface area contributed by atoms with Crippen LogP contribution in [0.5, 0.6) is 0 Å². The van der Waals surface area contributed by atoms with Crippen LogP contribution in [0.2, 0.25) is 0 Å². The van der Waals surface area contributed by atoms with E-state index in [2.05, 4.69) is 30.2 Å². The zero-order valence-electron chi connectivity index (χ0n) is 14.9. The molecule has 0 radical (unpaired) electrons. The first-order valence-electron chi connectivity index (χ1n) is 9.10. The van der Waals surface area contributed by atoms with Crippen LogP contribution in [0.4, 0.5) is 16.0 Å².